The first-order valence-electron chi connectivity index (χ1n) is 6.48. The number of nitro benzene ring substituents is 2. The molecule has 4 N–H and O–H groups in total. The van der Waals surface area contributed by atoms with E-state index in [-0.39, 0.29) is 17.1 Å². The lowest BCUT2D eigenvalue weighted by Crippen LogP contribution is -2.29. The van der Waals surface area contributed by atoms with Crippen LogP contribution >= 0.6 is 0 Å². The maximum Gasteiger partial charge on any atom is 0.320 e. The molecule has 0 heterocycles. The number of carboxylic acids is 1. The van der Waals surface area contributed by atoms with Gasteiger partial charge in [-0.15, -0.1) is 0 Å². The Kier molecular flexibility index (Phi) is 6.20. The molecule has 0 saturated heterocycles. The van der Waals surface area contributed by atoms with Gasteiger partial charge in [0, 0.05) is 12.6 Å². The Bertz CT molecular complexity index is 577. The number of carboxylic acid groups (broad SMARTS) is 1. The van der Waals surface area contributed by atoms with Crippen molar-refractivity contribution in [2.24, 2.45) is 5.73 Å². The maximum atomic E-state index is 10.9. The first-order chi connectivity index (χ1) is 10.3. The SMILES string of the molecule is N[C@H](CCCCNc1ccc([N+](=O)[O-])cc1[N+](=O)[O-])C(=O)O. The number of anilines is 1. The highest BCUT2D eigenvalue weighted by molar-refractivity contribution is 5.72. The van der Waals surface area contributed by atoms with E-state index in [9.17, 15) is 25.0 Å². The minimum Gasteiger partial charge on any atom is -0.480 e. The molecule has 0 spiro atoms. The molecular formula is C12H16N4O6. The fraction of sp³-hybridized carbons (Fsp3) is 0.417. The fourth-order valence-electron chi connectivity index (χ4n) is 1.77. The van der Waals surface area contributed by atoms with Crippen LogP contribution in [0.1, 0.15) is 19.3 Å². The summed E-state index contributed by atoms with van der Waals surface area (Å²) in [5, 5.41) is 32.9. The number of hydrogen-bond donors (Lipinski definition) is 3. The van der Waals surface area contributed by atoms with Gasteiger partial charge in [0.1, 0.15) is 11.7 Å². The second-order valence-corrected chi connectivity index (χ2v) is 4.58. The van der Waals surface area contributed by atoms with E-state index in [0.717, 1.165) is 6.07 Å². The largest absolute Gasteiger partial charge is 0.480 e. The van der Waals surface area contributed by atoms with Gasteiger partial charge >= 0.3 is 5.97 Å². The third-order valence-electron chi connectivity index (χ3n) is 2.96. The highest BCUT2D eigenvalue weighted by atomic mass is 16.6. The Morgan fingerprint density at radius 1 is 1.27 bits per heavy atom. The summed E-state index contributed by atoms with van der Waals surface area (Å²) in [6.45, 7) is 0.366. The van der Waals surface area contributed by atoms with E-state index in [1.807, 2.05) is 0 Å². The molecule has 0 aliphatic rings. The molecule has 10 heteroatoms. The van der Waals surface area contributed by atoms with Gasteiger partial charge in [0.2, 0.25) is 0 Å². The van der Waals surface area contributed by atoms with E-state index in [4.69, 9.17) is 10.8 Å². The van der Waals surface area contributed by atoms with Crippen LogP contribution in [0.2, 0.25) is 0 Å². The van der Waals surface area contributed by atoms with Crippen molar-refractivity contribution in [2.75, 3.05) is 11.9 Å². The summed E-state index contributed by atoms with van der Waals surface area (Å²) in [6, 6.07) is 2.42. The van der Waals surface area contributed by atoms with Crippen molar-refractivity contribution in [3.63, 3.8) is 0 Å². The van der Waals surface area contributed by atoms with Crippen LogP contribution in [0.3, 0.4) is 0 Å². The Balaban J connectivity index is 2.57. The molecule has 0 fully saturated rings. The highest BCUT2D eigenvalue weighted by Crippen LogP contribution is 2.28. The van der Waals surface area contributed by atoms with Crippen LogP contribution in [-0.2, 0) is 4.79 Å². The Hall–Kier alpha value is -2.75. The second-order valence-electron chi connectivity index (χ2n) is 4.58. The number of hydrogen-bond acceptors (Lipinski definition) is 7. The van der Waals surface area contributed by atoms with Gasteiger partial charge in [-0.25, -0.2) is 0 Å². The zero-order chi connectivity index (χ0) is 16.7. The lowest BCUT2D eigenvalue weighted by molar-refractivity contribution is -0.393. The third-order valence-corrected chi connectivity index (χ3v) is 2.96. The summed E-state index contributed by atoms with van der Waals surface area (Å²) in [6.07, 6.45) is 1.41. The monoisotopic (exact) mass is 312 g/mol. The number of nitrogens with two attached hydrogens (primary N) is 1. The minimum atomic E-state index is -1.07. The topological polar surface area (TPSA) is 162 Å². The van der Waals surface area contributed by atoms with Gasteiger partial charge in [-0.05, 0) is 25.3 Å². The van der Waals surface area contributed by atoms with Crippen molar-refractivity contribution in [3.05, 3.63) is 38.4 Å². The molecule has 1 rings (SSSR count). The fourth-order valence-corrected chi connectivity index (χ4v) is 1.77. The lowest BCUT2D eigenvalue weighted by Gasteiger charge is -2.08. The second kappa shape index (κ2) is 7.88. The number of rotatable bonds is 9. The molecule has 10 nitrogen and oxygen atoms in total. The maximum absolute atomic E-state index is 10.9. The van der Waals surface area contributed by atoms with Gasteiger partial charge in [0.25, 0.3) is 11.4 Å². The number of aliphatic carboxylic acids is 1. The molecule has 0 amide bonds. The van der Waals surface area contributed by atoms with Gasteiger partial charge in [-0.2, -0.15) is 0 Å². The smallest absolute Gasteiger partial charge is 0.320 e. The van der Waals surface area contributed by atoms with Crippen molar-refractivity contribution in [3.8, 4) is 0 Å². The number of carbonyl (C=O) groups is 1. The number of non-ortho nitro benzene ring substituents is 1. The molecular weight excluding hydrogens is 296 g/mol. The molecule has 0 unspecified atom stereocenters. The number of benzene rings is 1. The summed E-state index contributed by atoms with van der Waals surface area (Å²) in [5.74, 6) is -1.07. The summed E-state index contributed by atoms with van der Waals surface area (Å²) in [7, 11) is 0. The predicted octanol–water partition coefficient (Wildman–Crippen LogP) is 1.50. The highest BCUT2D eigenvalue weighted by Gasteiger charge is 2.19. The van der Waals surface area contributed by atoms with Gasteiger partial charge in [0.05, 0.1) is 15.9 Å². The van der Waals surface area contributed by atoms with Gasteiger partial charge < -0.3 is 16.2 Å². The molecule has 1 atom stereocenters. The van der Waals surface area contributed by atoms with Crippen molar-refractivity contribution in [1.82, 2.24) is 0 Å². The zero-order valence-electron chi connectivity index (χ0n) is 11.6. The van der Waals surface area contributed by atoms with Crippen LogP contribution in [0, 0.1) is 20.2 Å². The van der Waals surface area contributed by atoms with E-state index in [1.54, 1.807) is 0 Å². The Morgan fingerprint density at radius 3 is 2.50 bits per heavy atom. The Morgan fingerprint density at radius 2 is 1.95 bits per heavy atom. The molecule has 0 radical (unpaired) electrons. The first kappa shape index (κ1) is 17.3. The Labute approximate surface area is 125 Å². The van der Waals surface area contributed by atoms with Gasteiger partial charge in [-0.1, -0.05) is 0 Å². The standard InChI is InChI=1S/C12H16N4O6/c13-9(12(17)18)3-1-2-6-14-10-5-4-8(15(19)20)7-11(10)16(21)22/h4-5,7,9,14H,1-3,6,13H2,(H,17,18)/t9-/m1/s1. The van der Waals surface area contributed by atoms with Gasteiger partial charge in [-0.3, -0.25) is 25.0 Å². The van der Waals surface area contributed by atoms with Crippen molar-refractivity contribution in [2.45, 2.75) is 25.3 Å². The van der Waals surface area contributed by atoms with Crippen molar-refractivity contribution < 1.29 is 19.7 Å². The van der Waals surface area contributed by atoms with Crippen LogP contribution in [0.5, 0.6) is 0 Å². The number of nitro groups is 2. The molecule has 22 heavy (non-hydrogen) atoms. The number of nitrogens with one attached hydrogen (secondary N) is 1. The lowest BCUT2D eigenvalue weighted by atomic mass is 10.1. The average Bonchev–Trinajstić information content (AvgIpc) is 2.46. The van der Waals surface area contributed by atoms with Crippen LogP contribution in [0.25, 0.3) is 0 Å². The molecule has 0 aliphatic carbocycles. The summed E-state index contributed by atoms with van der Waals surface area (Å²) < 4.78 is 0. The van der Waals surface area contributed by atoms with Crippen LogP contribution in [-0.4, -0.2) is 33.5 Å². The van der Waals surface area contributed by atoms with E-state index in [0.29, 0.717) is 25.8 Å². The van der Waals surface area contributed by atoms with Crippen LogP contribution < -0.4 is 11.1 Å². The van der Waals surface area contributed by atoms with Gasteiger partial charge in [0.15, 0.2) is 0 Å². The van der Waals surface area contributed by atoms with E-state index >= 15 is 0 Å². The molecule has 0 aliphatic heterocycles. The number of nitrogens with zero attached hydrogens (tertiary/aromatic N) is 2. The van der Waals surface area contributed by atoms with Crippen LogP contribution in [0.4, 0.5) is 17.1 Å². The summed E-state index contributed by atoms with van der Waals surface area (Å²) >= 11 is 0. The third kappa shape index (κ3) is 4.98. The summed E-state index contributed by atoms with van der Waals surface area (Å²) in [4.78, 5) is 30.6. The molecule has 120 valence electrons. The quantitative estimate of drug-likeness (QED) is 0.351. The van der Waals surface area contributed by atoms with Crippen molar-refractivity contribution in [1.29, 1.82) is 0 Å². The molecule has 1 aromatic rings. The predicted molar refractivity (Wildman–Crippen MR) is 77.7 cm³/mol. The first-order valence-corrected chi connectivity index (χ1v) is 6.48. The van der Waals surface area contributed by atoms with Crippen LogP contribution in [0.15, 0.2) is 18.2 Å². The minimum absolute atomic E-state index is 0.179. The molecule has 0 aromatic heterocycles. The normalized spacial score (nSPS) is 11.7. The number of unbranched alkanes of at least 4 members (excludes halogenated alkanes) is 1. The van der Waals surface area contributed by atoms with E-state index in [1.165, 1.54) is 12.1 Å². The van der Waals surface area contributed by atoms with Crippen molar-refractivity contribution >= 4 is 23.0 Å². The zero-order valence-corrected chi connectivity index (χ0v) is 11.6. The van der Waals surface area contributed by atoms with E-state index in [2.05, 4.69) is 5.32 Å². The summed E-state index contributed by atoms with van der Waals surface area (Å²) in [5.41, 5.74) is 4.79. The van der Waals surface area contributed by atoms with E-state index < -0.39 is 21.9 Å². The molecule has 0 bridgehead atoms. The average molecular weight is 312 g/mol. The molecule has 1 aromatic carbocycles. The molecule has 0 saturated carbocycles.